The molecule has 3 rings (SSSR count). The summed E-state index contributed by atoms with van der Waals surface area (Å²) in [6, 6.07) is 0.989. The average molecular weight is 179 g/mol. The first kappa shape index (κ1) is 8.28. The van der Waals surface area contributed by atoms with Crippen LogP contribution < -0.4 is 0 Å². The second-order valence-electron chi connectivity index (χ2n) is 5.41. The molecule has 2 aliphatic heterocycles. The summed E-state index contributed by atoms with van der Waals surface area (Å²) in [6.07, 6.45) is 10.7. The van der Waals surface area contributed by atoms with Gasteiger partial charge in [0.15, 0.2) is 0 Å². The van der Waals surface area contributed by atoms with Crippen LogP contribution in [0.15, 0.2) is 0 Å². The molecule has 1 nitrogen and oxygen atoms in total. The lowest BCUT2D eigenvalue weighted by molar-refractivity contribution is 0.182. The van der Waals surface area contributed by atoms with Gasteiger partial charge in [0, 0.05) is 12.6 Å². The number of hydrogen-bond donors (Lipinski definition) is 0. The molecule has 3 fully saturated rings. The van der Waals surface area contributed by atoms with E-state index in [0.29, 0.717) is 0 Å². The Morgan fingerprint density at radius 3 is 2.69 bits per heavy atom. The Balaban J connectivity index is 1.73. The Labute approximate surface area is 81.5 Å². The number of fused-ring (bicyclic) bond motifs is 3. The summed E-state index contributed by atoms with van der Waals surface area (Å²) in [5, 5.41) is 0. The van der Waals surface area contributed by atoms with E-state index in [2.05, 4.69) is 4.90 Å². The van der Waals surface area contributed by atoms with Crippen LogP contribution in [-0.2, 0) is 0 Å². The predicted molar refractivity (Wildman–Crippen MR) is 54.7 cm³/mol. The smallest absolute Gasteiger partial charge is 0.00959 e. The van der Waals surface area contributed by atoms with Gasteiger partial charge in [-0.05, 0) is 56.9 Å². The molecule has 2 saturated heterocycles. The minimum atomic E-state index is 0.989. The van der Waals surface area contributed by atoms with Gasteiger partial charge in [0.2, 0.25) is 0 Å². The highest BCUT2D eigenvalue weighted by molar-refractivity contribution is 4.88. The monoisotopic (exact) mass is 179 g/mol. The highest BCUT2D eigenvalue weighted by Gasteiger charge is 2.34. The Morgan fingerprint density at radius 2 is 1.69 bits per heavy atom. The summed E-state index contributed by atoms with van der Waals surface area (Å²) in [6.45, 7) is 2.85. The molecule has 13 heavy (non-hydrogen) atoms. The molecule has 2 heterocycles. The second kappa shape index (κ2) is 3.27. The van der Waals surface area contributed by atoms with Crippen LogP contribution in [0.3, 0.4) is 0 Å². The molecule has 0 aromatic heterocycles. The summed E-state index contributed by atoms with van der Waals surface area (Å²) in [5.74, 6) is 2.19. The minimum Gasteiger partial charge on any atom is -0.300 e. The fourth-order valence-corrected chi connectivity index (χ4v) is 3.83. The number of nitrogens with zero attached hydrogens (tertiary/aromatic N) is 1. The summed E-state index contributed by atoms with van der Waals surface area (Å²) in [5.41, 5.74) is 0. The topological polar surface area (TPSA) is 3.24 Å². The van der Waals surface area contributed by atoms with Crippen molar-refractivity contribution in [3.63, 3.8) is 0 Å². The molecular formula is C12H21N. The number of rotatable bonds is 0. The molecule has 0 aromatic rings. The fraction of sp³-hybridized carbons (Fsp3) is 1.00. The lowest BCUT2D eigenvalue weighted by atomic mass is 9.94. The maximum absolute atomic E-state index is 2.80. The summed E-state index contributed by atoms with van der Waals surface area (Å²) in [7, 11) is 0. The summed E-state index contributed by atoms with van der Waals surface area (Å²) >= 11 is 0. The Bertz CT molecular complexity index is 190. The first-order valence-electron chi connectivity index (χ1n) is 6.16. The van der Waals surface area contributed by atoms with E-state index < -0.39 is 0 Å². The van der Waals surface area contributed by atoms with E-state index in [0.717, 1.165) is 17.9 Å². The van der Waals surface area contributed by atoms with Gasteiger partial charge in [-0.3, -0.25) is 0 Å². The van der Waals surface area contributed by atoms with Gasteiger partial charge in [-0.15, -0.1) is 0 Å². The summed E-state index contributed by atoms with van der Waals surface area (Å²) < 4.78 is 0. The van der Waals surface area contributed by atoms with E-state index in [4.69, 9.17) is 0 Å². The van der Waals surface area contributed by atoms with Crippen molar-refractivity contribution < 1.29 is 0 Å². The average Bonchev–Trinajstić information content (AvgIpc) is 2.67. The molecule has 1 aliphatic carbocycles. The van der Waals surface area contributed by atoms with Crippen LogP contribution in [0.2, 0.25) is 0 Å². The first-order valence-corrected chi connectivity index (χ1v) is 6.16. The first-order chi connectivity index (χ1) is 6.42. The van der Waals surface area contributed by atoms with Crippen molar-refractivity contribution in [2.45, 2.75) is 51.0 Å². The van der Waals surface area contributed by atoms with Crippen molar-refractivity contribution in [2.24, 2.45) is 11.8 Å². The largest absolute Gasteiger partial charge is 0.300 e. The van der Waals surface area contributed by atoms with Gasteiger partial charge in [0.25, 0.3) is 0 Å². The SMILES string of the molecule is C1CC2CCC3CCC(C3)CN2C1. The van der Waals surface area contributed by atoms with Crippen LogP contribution in [0.4, 0.5) is 0 Å². The summed E-state index contributed by atoms with van der Waals surface area (Å²) in [4.78, 5) is 2.80. The molecule has 0 radical (unpaired) electrons. The van der Waals surface area contributed by atoms with Crippen LogP contribution in [0.1, 0.15) is 44.9 Å². The van der Waals surface area contributed by atoms with Gasteiger partial charge in [-0.2, -0.15) is 0 Å². The van der Waals surface area contributed by atoms with Crippen molar-refractivity contribution in [1.29, 1.82) is 0 Å². The Kier molecular flexibility index (Phi) is 2.08. The van der Waals surface area contributed by atoms with E-state index in [1.165, 1.54) is 45.2 Å². The Hall–Kier alpha value is -0.0400. The number of hydrogen-bond acceptors (Lipinski definition) is 1. The molecule has 3 unspecified atom stereocenters. The normalized spacial score (nSPS) is 45.7. The third-order valence-corrected chi connectivity index (χ3v) is 4.55. The molecule has 3 atom stereocenters. The molecule has 2 bridgehead atoms. The van der Waals surface area contributed by atoms with Gasteiger partial charge in [-0.25, -0.2) is 0 Å². The van der Waals surface area contributed by atoms with Crippen molar-refractivity contribution in [3.05, 3.63) is 0 Å². The minimum absolute atomic E-state index is 0.989. The predicted octanol–water partition coefficient (Wildman–Crippen LogP) is 2.66. The zero-order chi connectivity index (χ0) is 8.67. The Morgan fingerprint density at radius 1 is 0.846 bits per heavy atom. The lowest BCUT2D eigenvalue weighted by Gasteiger charge is -2.30. The standard InChI is InChI=1S/C12H21N/c1-2-12-6-5-10-3-4-11(8-10)9-13(12)7-1/h10-12H,1-9H2. The van der Waals surface area contributed by atoms with Crippen LogP contribution in [0.25, 0.3) is 0 Å². The van der Waals surface area contributed by atoms with Crippen LogP contribution in [-0.4, -0.2) is 24.0 Å². The molecule has 1 heteroatoms. The van der Waals surface area contributed by atoms with Gasteiger partial charge in [-0.1, -0.05) is 6.42 Å². The molecule has 0 amide bonds. The molecule has 0 aromatic carbocycles. The molecular weight excluding hydrogens is 158 g/mol. The van der Waals surface area contributed by atoms with Crippen molar-refractivity contribution in [2.75, 3.05) is 13.1 Å². The van der Waals surface area contributed by atoms with Crippen molar-refractivity contribution >= 4 is 0 Å². The zero-order valence-electron chi connectivity index (χ0n) is 8.54. The maximum Gasteiger partial charge on any atom is 0.00959 e. The molecule has 74 valence electrons. The van der Waals surface area contributed by atoms with Crippen molar-refractivity contribution in [3.8, 4) is 0 Å². The van der Waals surface area contributed by atoms with Crippen LogP contribution in [0, 0.1) is 11.8 Å². The molecule has 1 saturated carbocycles. The van der Waals surface area contributed by atoms with Gasteiger partial charge >= 0.3 is 0 Å². The lowest BCUT2D eigenvalue weighted by Crippen LogP contribution is -2.34. The van der Waals surface area contributed by atoms with Gasteiger partial charge in [0.1, 0.15) is 0 Å². The second-order valence-corrected chi connectivity index (χ2v) is 5.41. The molecule has 0 spiro atoms. The quantitative estimate of drug-likeness (QED) is 0.552. The highest BCUT2D eigenvalue weighted by atomic mass is 15.2. The van der Waals surface area contributed by atoms with E-state index in [-0.39, 0.29) is 0 Å². The molecule has 3 aliphatic rings. The van der Waals surface area contributed by atoms with Crippen LogP contribution in [0.5, 0.6) is 0 Å². The molecule has 0 N–H and O–H groups in total. The van der Waals surface area contributed by atoms with E-state index >= 15 is 0 Å². The van der Waals surface area contributed by atoms with Gasteiger partial charge in [0.05, 0.1) is 0 Å². The zero-order valence-corrected chi connectivity index (χ0v) is 8.54. The van der Waals surface area contributed by atoms with E-state index in [1.54, 1.807) is 12.8 Å². The maximum atomic E-state index is 2.80. The van der Waals surface area contributed by atoms with Crippen LogP contribution >= 0.6 is 0 Å². The third-order valence-electron chi connectivity index (χ3n) is 4.55. The van der Waals surface area contributed by atoms with Crippen molar-refractivity contribution in [1.82, 2.24) is 4.90 Å². The van der Waals surface area contributed by atoms with E-state index in [9.17, 15) is 0 Å². The fourth-order valence-electron chi connectivity index (χ4n) is 3.83. The highest BCUT2D eigenvalue weighted by Crippen LogP contribution is 2.39. The van der Waals surface area contributed by atoms with E-state index in [1.807, 2.05) is 0 Å². The van der Waals surface area contributed by atoms with Gasteiger partial charge < -0.3 is 4.90 Å². The third kappa shape index (κ3) is 1.52.